The zero-order valence-corrected chi connectivity index (χ0v) is 15.5. The molecule has 0 aliphatic carbocycles. The van der Waals surface area contributed by atoms with Gasteiger partial charge in [0.2, 0.25) is 5.75 Å². The molecule has 0 unspecified atom stereocenters. The molecule has 0 saturated carbocycles. The molecule has 150 valence electrons. The maximum atomic E-state index is 8.81. The van der Waals surface area contributed by atoms with E-state index in [0.717, 1.165) is 37.0 Å². The minimum atomic E-state index is -1.50. The summed E-state index contributed by atoms with van der Waals surface area (Å²) in [5.74, 6) is 2.32. The second-order valence-electron chi connectivity index (χ2n) is 5.21. The number of fused-ring (bicyclic) bond motifs is 1. The van der Waals surface area contributed by atoms with Crippen LogP contribution in [0, 0.1) is 10.1 Å². The lowest BCUT2D eigenvalue weighted by Crippen LogP contribution is -2.06. The van der Waals surface area contributed by atoms with Gasteiger partial charge < -0.3 is 29.8 Å². The van der Waals surface area contributed by atoms with Crippen molar-refractivity contribution in [2.45, 2.75) is 19.3 Å². The summed E-state index contributed by atoms with van der Waals surface area (Å²) in [5, 5.41) is 26.6. The number of aliphatic hydroxyl groups is 1. The van der Waals surface area contributed by atoms with E-state index in [-0.39, 0.29) is 6.61 Å². The van der Waals surface area contributed by atoms with E-state index in [4.69, 9.17) is 34.6 Å². The average molecular weight is 384 g/mol. The van der Waals surface area contributed by atoms with E-state index < -0.39 is 5.09 Å². The molecule has 0 saturated heterocycles. The van der Waals surface area contributed by atoms with Gasteiger partial charge in [-0.3, -0.25) is 0 Å². The van der Waals surface area contributed by atoms with Crippen molar-refractivity contribution in [2.24, 2.45) is 0 Å². The van der Waals surface area contributed by atoms with Gasteiger partial charge in [0.25, 0.3) is 5.09 Å². The van der Waals surface area contributed by atoms with E-state index >= 15 is 0 Å². The second kappa shape index (κ2) is 11.5. The molecular weight excluding hydrogens is 360 g/mol. The number of ether oxygens (including phenoxy) is 3. The molecule has 11 nitrogen and oxygen atoms in total. The van der Waals surface area contributed by atoms with Crippen LogP contribution < -0.4 is 19.5 Å². The molecule has 0 atom stereocenters. The van der Waals surface area contributed by atoms with E-state index in [1.807, 2.05) is 6.07 Å². The predicted molar refractivity (Wildman–Crippen MR) is 97.4 cm³/mol. The molecular formula is C16H24N4O7. The third kappa shape index (κ3) is 6.29. The number of anilines is 1. The lowest BCUT2D eigenvalue weighted by Gasteiger charge is -2.15. The van der Waals surface area contributed by atoms with Gasteiger partial charge in [-0.15, -0.1) is 10.1 Å². The number of rotatable bonds is 9. The topological polar surface area (TPSA) is 149 Å². The fourth-order valence-corrected chi connectivity index (χ4v) is 2.42. The van der Waals surface area contributed by atoms with E-state index in [1.165, 1.54) is 6.33 Å². The molecule has 0 fully saturated rings. The number of hydrogen-bond acceptors (Lipinski definition) is 9. The second-order valence-corrected chi connectivity index (χ2v) is 5.21. The third-order valence-corrected chi connectivity index (χ3v) is 3.56. The van der Waals surface area contributed by atoms with E-state index in [2.05, 4.69) is 15.3 Å². The summed E-state index contributed by atoms with van der Waals surface area (Å²) in [7, 11) is 4.71. The lowest BCUT2D eigenvalue weighted by atomic mass is 10.1. The first-order valence-electron chi connectivity index (χ1n) is 8.11. The van der Waals surface area contributed by atoms with Crippen LogP contribution in [0.1, 0.15) is 19.3 Å². The van der Waals surface area contributed by atoms with Gasteiger partial charge in [0.05, 0.1) is 26.7 Å². The van der Waals surface area contributed by atoms with Crippen molar-refractivity contribution in [3.8, 4) is 17.2 Å². The summed E-state index contributed by atoms with van der Waals surface area (Å²) in [6.07, 6.45) is 4.22. The van der Waals surface area contributed by atoms with Gasteiger partial charge in [-0.25, -0.2) is 9.97 Å². The molecule has 1 heterocycles. The number of nitrogens with one attached hydrogen (secondary N) is 1. The van der Waals surface area contributed by atoms with Crippen LogP contribution in [0.3, 0.4) is 0 Å². The Hall–Kier alpha value is -3.08. The SMILES string of the molecule is COc1cc2c(NCCCCCO)ncnc2c(OC)c1OC.O=[N+]([O-])O. The summed E-state index contributed by atoms with van der Waals surface area (Å²) in [6, 6.07) is 1.84. The number of aromatic nitrogens is 2. The molecule has 27 heavy (non-hydrogen) atoms. The lowest BCUT2D eigenvalue weighted by molar-refractivity contribution is -0.742. The van der Waals surface area contributed by atoms with Crippen LogP contribution in [0.25, 0.3) is 10.9 Å². The van der Waals surface area contributed by atoms with Gasteiger partial charge in [0.15, 0.2) is 11.5 Å². The van der Waals surface area contributed by atoms with Crippen LogP contribution >= 0.6 is 0 Å². The van der Waals surface area contributed by atoms with Crippen LogP contribution in [0.5, 0.6) is 17.2 Å². The van der Waals surface area contributed by atoms with Crippen LogP contribution in [0.2, 0.25) is 0 Å². The Labute approximate surface area is 156 Å². The monoisotopic (exact) mass is 384 g/mol. The first-order valence-corrected chi connectivity index (χ1v) is 8.11. The van der Waals surface area contributed by atoms with Crippen molar-refractivity contribution in [1.82, 2.24) is 9.97 Å². The first-order chi connectivity index (χ1) is 13.0. The van der Waals surface area contributed by atoms with Gasteiger partial charge in [0, 0.05) is 13.2 Å². The molecule has 1 aromatic heterocycles. The summed E-state index contributed by atoms with van der Waals surface area (Å²) >= 11 is 0. The van der Waals surface area contributed by atoms with E-state index in [0.29, 0.717) is 22.8 Å². The molecule has 1 aromatic carbocycles. The van der Waals surface area contributed by atoms with Crippen molar-refractivity contribution < 1.29 is 29.6 Å². The van der Waals surface area contributed by atoms with Crippen molar-refractivity contribution >= 4 is 16.7 Å². The molecule has 11 heteroatoms. The molecule has 2 aromatic rings. The number of methoxy groups -OCH3 is 3. The largest absolute Gasteiger partial charge is 0.493 e. The van der Waals surface area contributed by atoms with Gasteiger partial charge in [0.1, 0.15) is 17.7 Å². The zero-order chi connectivity index (χ0) is 20.2. The molecule has 0 radical (unpaired) electrons. The van der Waals surface area contributed by atoms with Crippen molar-refractivity contribution in [2.75, 3.05) is 39.8 Å². The number of nitrogens with zero attached hydrogens (tertiary/aromatic N) is 3. The number of aliphatic hydroxyl groups excluding tert-OH is 1. The Kier molecular flexibility index (Phi) is 9.37. The molecule has 2 rings (SSSR count). The fourth-order valence-electron chi connectivity index (χ4n) is 2.42. The summed E-state index contributed by atoms with van der Waals surface area (Å²) in [4.78, 5) is 17.0. The highest BCUT2D eigenvalue weighted by atomic mass is 16.9. The summed E-state index contributed by atoms with van der Waals surface area (Å²) in [5.41, 5.74) is 0.665. The van der Waals surface area contributed by atoms with Crippen LogP contribution in [0.15, 0.2) is 12.4 Å². The first kappa shape index (κ1) is 22.0. The van der Waals surface area contributed by atoms with Crippen molar-refractivity contribution in [1.29, 1.82) is 0 Å². The molecule has 0 spiro atoms. The number of hydrogen-bond donors (Lipinski definition) is 3. The zero-order valence-electron chi connectivity index (χ0n) is 15.5. The van der Waals surface area contributed by atoms with Crippen LogP contribution in [-0.2, 0) is 0 Å². The molecule has 0 amide bonds. The normalized spacial score (nSPS) is 9.93. The van der Waals surface area contributed by atoms with Gasteiger partial charge >= 0.3 is 0 Å². The molecule has 0 aliphatic rings. The van der Waals surface area contributed by atoms with Crippen LogP contribution in [0.4, 0.5) is 5.82 Å². The van der Waals surface area contributed by atoms with Gasteiger partial charge in [-0.05, 0) is 25.3 Å². The Morgan fingerprint density at radius 1 is 1.11 bits per heavy atom. The summed E-state index contributed by atoms with van der Waals surface area (Å²) in [6.45, 7) is 0.993. The Balaban J connectivity index is 0.000000828. The summed E-state index contributed by atoms with van der Waals surface area (Å²) < 4.78 is 16.2. The standard InChI is InChI=1S/C16H23N3O4.HNO3/c1-21-12-9-11-13(15(23-3)14(12)22-2)18-10-19-16(11)17-7-5-4-6-8-20;2-1(3)4/h9-10,20H,4-8H2,1-3H3,(H,17,18,19);(H,2,3,4). The maximum Gasteiger partial charge on any atom is 0.291 e. The predicted octanol–water partition coefficient (Wildman–Crippen LogP) is 1.88. The highest BCUT2D eigenvalue weighted by Crippen LogP contribution is 2.43. The Morgan fingerprint density at radius 2 is 1.78 bits per heavy atom. The highest BCUT2D eigenvalue weighted by molar-refractivity contribution is 5.96. The Morgan fingerprint density at radius 3 is 2.33 bits per heavy atom. The van der Waals surface area contributed by atoms with E-state index in [1.54, 1.807) is 21.3 Å². The third-order valence-electron chi connectivity index (χ3n) is 3.56. The molecule has 0 bridgehead atoms. The van der Waals surface area contributed by atoms with Crippen LogP contribution in [-0.4, -0.2) is 59.8 Å². The minimum Gasteiger partial charge on any atom is -0.493 e. The highest BCUT2D eigenvalue weighted by Gasteiger charge is 2.19. The number of unbranched alkanes of at least 4 members (excludes halogenated alkanes) is 2. The van der Waals surface area contributed by atoms with Gasteiger partial charge in [-0.1, -0.05) is 0 Å². The van der Waals surface area contributed by atoms with E-state index in [9.17, 15) is 0 Å². The quantitative estimate of drug-likeness (QED) is 0.332. The Bertz CT molecular complexity index is 738. The minimum absolute atomic E-state index is 0.227. The fraction of sp³-hybridized carbons (Fsp3) is 0.500. The smallest absolute Gasteiger partial charge is 0.291 e. The number of benzene rings is 1. The average Bonchev–Trinajstić information content (AvgIpc) is 2.65. The molecule has 3 N–H and O–H groups in total. The van der Waals surface area contributed by atoms with Gasteiger partial charge in [-0.2, -0.15) is 0 Å². The van der Waals surface area contributed by atoms with Crippen molar-refractivity contribution in [3.05, 3.63) is 22.5 Å². The molecule has 0 aliphatic heterocycles. The maximum absolute atomic E-state index is 8.81. The van der Waals surface area contributed by atoms with Crippen molar-refractivity contribution in [3.63, 3.8) is 0 Å².